The van der Waals surface area contributed by atoms with Crippen molar-refractivity contribution in [2.75, 3.05) is 31.6 Å². The van der Waals surface area contributed by atoms with E-state index in [4.69, 9.17) is 4.74 Å². The van der Waals surface area contributed by atoms with Crippen LogP contribution in [0.2, 0.25) is 0 Å². The number of nitrogens with zero attached hydrogens (tertiary/aromatic N) is 2. The van der Waals surface area contributed by atoms with Gasteiger partial charge in [-0.3, -0.25) is 4.79 Å². The molecule has 156 valence electrons. The summed E-state index contributed by atoms with van der Waals surface area (Å²) in [5, 5.41) is 2.76. The van der Waals surface area contributed by atoms with Crippen LogP contribution >= 0.6 is 0 Å². The molecular weight excluding hydrogens is 390 g/mol. The lowest BCUT2D eigenvalue weighted by Crippen LogP contribution is -2.51. The Hall–Kier alpha value is -2.42. The SMILES string of the molecule is CCOc1ccccc1NC(=O)CN1CCCN(Cc2cccc(C)c2)S1(=O)=O. The molecule has 7 nitrogen and oxygen atoms in total. The zero-order chi connectivity index (χ0) is 20.9. The zero-order valence-electron chi connectivity index (χ0n) is 16.8. The summed E-state index contributed by atoms with van der Waals surface area (Å²) in [5.41, 5.74) is 2.55. The summed E-state index contributed by atoms with van der Waals surface area (Å²) in [5.74, 6) is 0.170. The minimum atomic E-state index is -3.71. The summed E-state index contributed by atoms with van der Waals surface area (Å²) in [4.78, 5) is 12.5. The summed E-state index contributed by atoms with van der Waals surface area (Å²) in [6, 6.07) is 14.9. The van der Waals surface area contributed by atoms with Crippen LogP contribution in [0.1, 0.15) is 24.5 Å². The van der Waals surface area contributed by atoms with Gasteiger partial charge in [0.25, 0.3) is 10.2 Å². The first-order valence-electron chi connectivity index (χ1n) is 9.72. The minimum Gasteiger partial charge on any atom is -0.492 e. The topological polar surface area (TPSA) is 79.0 Å². The third-order valence-electron chi connectivity index (χ3n) is 4.69. The first kappa shape index (κ1) is 21.3. The van der Waals surface area contributed by atoms with Crippen LogP contribution in [0, 0.1) is 6.92 Å². The Labute approximate surface area is 172 Å². The predicted molar refractivity (Wildman–Crippen MR) is 113 cm³/mol. The van der Waals surface area contributed by atoms with Crippen molar-refractivity contribution < 1.29 is 17.9 Å². The first-order valence-corrected chi connectivity index (χ1v) is 11.1. The van der Waals surface area contributed by atoms with Crippen molar-refractivity contribution in [2.45, 2.75) is 26.8 Å². The number of nitrogens with one attached hydrogen (secondary N) is 1. The fourth-order valence-electron chi connectivity index (χ4n) is 3.35. The average molecular weight is 418 g/mol. The molecule has 1 aliphatic rings. The highest BCUT2D eigenvalue weighted by atomic mass is 32.2. The highest BCUT2D eigenvalue weighted by Gasteiger charge is 2.34. The Kier molecular flexibility index (Phi) is 6.89. The van der Waals surface area contributed by atoms with Crippen LogP contribution in [0.15, 0.2) is 48.5 Å². The van der Waals surface area contributed by atoms with E-state index in [1.807, 2.05) is 44.2 Å². The van der Waals surface area contributed by atoms with E-state index in [1.54, 1.807) is 18.2 Å². The molecule has 0 saturated carbocycles. The monoisotopic (exact) mass is 417 g/mol. The van der Waals surface area contributed by atoms with Crippen LogP contribution in [0.25, 0.3) is 0 Å². The van der Waals surface area contributed by atoms with Gasteiger partial charge >= 0.3 is 0 Å². The highest BCUT2D eigenvalue weighted by molar-refractivity contribution is 7.86. The molecule has 1 heterocycles. The number of ether oxygens (including phenoxy) is 1. The van der Waals surface area contributed by atoms with Gasteiger partial charge in [-0.1, -0.05) is 42.0 Å². The van der Waals surface area contributed by atoms with Gasteiger partial charge in [0, 0.05) is 19.6 Å². The number of hydrogen-bond acceptors (Lipinski definition) is 4. The van der Waals surface area contributed by atoms with Crippen molar-refractivity contribution in [3.8, 4) is 5.75 Å². The van der Waals surface area contributed by atoms with Crippen molar-refractivity contribution in [1.82, 2.24) is 8.61 Å². The third-order valence-corrected chi connectivity index (χ3v) is 6.62. The van der Waals surface area contributed by atoms with E-state index in [2.05, 4.69) is 5.32 Å². The van der Waals surface area contributed by atoms with Gasteiger partial charge in [-0.15, -0.1) is 0 Å². The fourth-order valence-corrected chi connectivity index (χ4v) is 4.99. The van der Waals surface area contributed by atoms with Crippen molar-refractivity contribution in [1.29, 1.82) is 0 Å². The quantitative estimate of drug-likeness (QED) is 0.751. The molecule has 0 aromatic heterocycles. The smallest absolute Gasteiger partial charge is 0.282 e. The average Bonchev–Trinajstić information content (AvgIpc) is 2.67. The molecule has 1 N–H and O–H groups in total. The second-order valence-electron chi connectivity index (χ2n) is 6.99. The van der Waals surface area contributed by atoms with E-state index < -0.39 is 16.1 Å². The van der Waals surface area contributed by atoms with Crippen LogP contribution in [0.4, 0.5) is 5.69 Å². The van der Waals surface area contributed by atoms with E-state index >= 15 is 0 Å². The molecule has 2 aromatic carbocycles. The number of rotatable bonds is 7. The van der Waals surface area contributed by atoms with Gasteiger partial charge in [0.2, 0.25) is 5.91 Å². The number of carbonyl (C=O) groups excluding carboxylic acids is 1. The molecule has 0 spiro atoms. The Morgan fingerprint density at radius 2 is 1.86 bits per heavy atom. The molecule has 1 fully saturated rings. The molecule has 29 heavy (non-hydrogen) atoms. The number of benzene rings is 2. The number of carbonyl (C=O) groups is 1. The number of hydrogen-bond donors (Lipinski definition) is 1. The molecule has 0 atom stereocenters. The summed E-state index contributed by atoms with van der Waals surface area (Å²) >= 11 is 0. The van der Waals surface area contributed by atoms with Crippen molar-refractivity contribution in [3.05, 3.63) is 59.7 Å². The lowest BCUT2D eigenvalue weighted by atomic mass is 10.1. The normalized spacial score (nSPS) is 17.0. The van der Waals surface area contributed by atoms with Gasteiger partial charge in [0.1, 0.15) is 5.75 Å². The minimum absolute atomic E-state index is 0.229. The number of para-hydroxylation sites is 2. The maximum atomic E-state index is 13.0. The van der Waals surface area contributed by atoms with E-state index in [0.717, 1.165) is 11.1 Å². The summed E-state index contributed by atoms with van der Waals surface area (Å²) in [6.45, 7) is 5.16. The molecule has 1 aliphatic heterocycles. The van der Waals surface area contributed by atoms with Crippen LogP contribution in [0.3, 0.4) is 0 Å². The van der Waals surface area contributed by atoms with Gasteiger partial charge in [-0.25, -0.2) is 0 Å². The molecule has 0 bridgehead atoms. The van der Waals surface area contributed by atoms with Gasteiger partial charge in [0.05, 0.1) is 18.8 Å². The van der Waals surface area contributed by atoms with Crippen molar-refractivity contribution in [3.63, 3.8) is 0 Å². The van der Waals surface area contributed by atoms with Crippen LogP contribution in [-0.2, 0) is 21.5 Å². The summed E-state index contributed by atoms with van der Waals surface area (Å²) < 4.78 is 34.2. The van der Waals surface area contributed by atoms with Crippen LogP contribution in [-0.4, -0.2) is 49.2 Å². The Bertz CT molecular complexity index is 962. The molecule has 3 rings (SSSR count). The van der Waals surface area contributed by atoms with E-state index in [0.29, 0.717) is 44.1 Å². The first-order chi connectivity index (χ1) is 13.9. The lowest BCUT2D eigenvalue weighted by Gasteiger charge is -2.34. The third kappa shape index (κ3) is 5.35. The van der Waals surface area contributed by atoms with Crippen LogP contribution < -0.4 is 10.1 Å². The lowest BCUT2D eigenvalue weighted by molar-refractivity contribution is -0.116. The van der Waals surface area contributed by atoms with Crippen LogP contribution in [0.5, 0.6) is 5.75 Å². The van der Waals surface area contributed by atoms with Gasteiger partial charge in [-0.05, 0) is 38.0 Å². The Morgan fingerprint density at radius 3 is 2.62 bits per heavy atom. The van der Waals surface area contributed by atoms with E-state index in [9.17, 15) is 13.2 Å². The van der Waals surface area contributed by atoms with Gasteiger partial charge < -0.3 is 10.1 Å². The van der Waals surface area contributed by atoms with Crippen molar-refractivity contribution in [2.24, 2.45) is 0 Å². The summed E-state index contributed by atoms with van der Waals surface area (Å²) in [7, 11) is -3.71. The molecule has 1 amide bonds. The largest absolute Gasteiger partial charge is 0.492 e. The van der Waals surface area contributed by atoms with Crippen molar-refractivity contribution >= 4 is 21.8 Å². The van der Waals surface area contributed by atoms with E-state index in [1.165, 1.54) is 8.61 Å². The molecule has 1 saturated heterocycles. The van der Waals surface area contributed by atoms with Gasteiger partial charge in [0.15, 0.2) is 0 Å². The maximum absolute atomic E-state index is 13.0. The van der Waals surface area contributed by atoms with E-state index in [-0.39, 0.29) is 6.54 Å². The second kappa shape index (κ2) is 9.39. The Balaban J connectivity index is 1.68. The zero-order valence-corrected chi connectivity index (χ0v) is 17.6. The molecular formula is C21H27N3O4S. The number of anilines is 1. The Morgan fingerprint density at radius 1 is 1.10 bits per heavy atom. The second-order valence-corrected chi connectivity index (χ2v) is 8.92. The van der Waals surface area contributed by atoms with Gasteiger partial charge in [-0.2, -0.15) is 17.0 Å². The number of aryl methyl sites for hydroxylation is 1. The molecule has 2 aromatic rings. The molecule has 0 aliphatic carbocycles. The standard InChI is InChI=1S/C21H27N3O4S/c1-3-28-20-11-5-4-10-19(20)22-21(25)16-24-13-7-12-23(29(24,26)27)15-18-9-6-8-17(2)14-18/h4-6,8-11,14H,3,7,12-13,15-16H2,1-2H3,(H,22,25). The molecule has 8 heteroatoms. The number of amides is 1. The molecule has 0 unspecified atom stereocenters. The molecule has 0 radical (unpaired) electrons. The fraction of sp³-hybridized carbons (Fsp3) is 0.381. The maximum Gasteiger partial charge on any atom is 0.282 e. The summed E-state index contributed by atoms with van der Waals surface area (Å²) in [6.07, 6.45) is 0.674. The highest BCUT2D eigenvalue weighted by Crippen LogP contribution is 2.24. The predicted octanol–water partition coefficient (Wildman–Crippen LogP) is 2.78.